The minimum atomic E-state index is -0.292. The number of aromatic nitrogens is 2. The number of carbonyl (C=O) groups excluding carboxylic acids is 3. The molecule has 1 N–H and O–H groups in total. The number of nitrogens with one attached hydrogen (secondary N) is 1. The zero-order valence-electron chi connectivity index (χ0n) is 17.0. The third-order valence-electron chi connectivity index (χ3n) is 5.14. The zero-order valence-corrected chi connectivity index (χ0v) is 17.0. The number of imide groups is 1. The molecule has 156 valence electrons. The second-order valence-electron chi connectivity index (χ2n) is 7.29. The molecule has 1 aromatic heterocycles. The Kier molecular flexibility index (Phi) is 6.12. The van der Waals surface area contributed by atoms with E-state index >= 15 is 0 Å². The van der Waals surface area contributed by atoms with Crippen molar-refractivity contribution < 1.29 is 14.4 Å². The molecule has 7 nitrogen and oxygen atoms in total. The van der Waals surface area contributed by atoms with Crippen LogP contribution < -0.4 is 5.32 Å². The van der Waals surface area contributed by atoms with Gasteiger partial charge in [0.25, 0.3) is 11.8 Å². The first-order valence-corrected chi connectivity index (χ1v) is 10.2. The third kappa shape index (κ3) is 4.66. The van der Waals surface area contributed by atoms with E-state index in [9.17, 15) is 14.4 Å². The Hall–Kier alpha value is -3.87. The van der Waals surface area contributed by atoms with Crippen molar-refractivity contribution in [2.75, 3.05) is 13.1 Å². The van der Waals surface area contributed by atoms with Crippen LogP contribution in [0.25, 0.3) is 11.4 Å². The van der Waals surface area contributed by atoms with Crippen LogP contribution in [0.4, 0.5) is 0 Å². The van der Waals surface area contributed by atoms with Crippen molar-refractivity contribution in [3.8, 4) is 11.4 Å². The summed E-state index contributed by atoms with van der Waals surface area (Å²) in [6.45, 7) is 0.703. The van der Waals surface area contributed by atoms with E-state index in [0.29, 0.717) is 36.3 Å². The molecule has 0 saturated heterocycles. The molecule has 7 heteroatoms. The molecular weight excluding hydrogens is 392 g/mol. The van der Waals surface area contributed by atoms with Gasteiger partial charge in [-0.25, -0.2) is 9.97 Å². The predicted molar refractivity (Wildman–Crippen MR) is 115 cm³/mol. The van der Waals surface area contributed by atoms with Crippen LogP contribution in [0.3, 0.4) is 0 Å². The number of rotatable bonds is 8. The summed E-state index contributed by atoms with van der Waals surface area (Å²) in [6.07, 6.45) is 4.83. The van der Waals surface area contributed by atoms with Crippen LogP contribution in [-0.4, -0.2) is 45.7 Å². The number of benzene rings is 2. The lowest BCUT2D eigenvalue weighted by Crippen LogP contribution is -2.32. The van der Waals surface area contributed by atoms with Crippen molar-refractivity contribution in [3.05, 3.63) is 83.7 Å². The summed E-state index contributed by atoms with van der Waals surface area (Å²) in [6, 6.07) is 16.5. The van der Waals surface area contributed by atoms with Crippen molar-refractivity contribution in [2.24, 2.45) is 0 Å². The van der Waals surface area contributed by atoms with Crippen LogP contribution in [0.15, 0.2) is 67.0 Å². The molecule has 0 spiro atoms. The molecule has 1 aliphatic heterocycles. The molecule has 1 aliphatic rings. The second-order valence-corrected chi connectivity index (χ2v) is 7.29. The van der Waals surface area contributed by atoms with Crippen molar-refractivity contribution in [1.29, 1.82) is 0 Å². The first-order valence-electron chi connectivity index (χ1n) is 10.2. The molecule has 0 fully saturated rings. The summed E-state index contributed by atoms with van der Waals surface area (Å²) in [4.78, 5) is 46.7. The first-order chi connectivity index (χ1) is 15.1. The minimum Gasteiger partial charge on any atom is -0.356 e. The predicted octanol–water partition coefficient (Wildman–Crippen LogP) is 2.88. The largest absolute Gasteiger partial charge is 0.356 e. The maximum Gasteiger partial charge on any atom is 0.261 e. The van der Waals surface area contributed by atoms with E-state index in [1.54, 1.807) is 36.7 Å². The fourth-order valence-electron chi connectivity index (χ4n) is 3.49. The average molecular weight is 414 g/mol. The molecule has 3 aromatic rings. The van der Waals surface area contributed by atoms with Gasteiger partial charge in [-0.1, -0.05) is 42.5 Å². The average Bonchev–Trinajstić information content (AvgIpc) is 3.05. The van der Waals surface area contributed by atoms with Gasteiger partial charge < -0.3 is 5.32 Å². The standard InChI is InChI=1S/C24H22N4O3/c29-21(11-6-14-28-23(30)19-9-4-5-10-20(19)24(28)31)25-13-12-17-15-26-22(27-16-17)18-7-2-1-3-8-18/h1-5,7-10,15-16H,6,11-14H2,(H,25,29). The monoisotopic (exact) mass is 414 g/mol. The number of nitrogens with zero attached hydrogens (tertiary/aromatic N) is 3. The van der Waals surface area contributed by atoms with Gasteiger partial charge in [0.05, 0.1) is 11.1 Å². The Bertz CT molecular complexity index is 1060. The third-order valence-corrected chi connectivity index (χ3v) is 5.14. The Labute approximate surface area is 180 Å². The number of hydrogen-bond donors (Lipinski definition) is 1. The summed E-state index contributed by atoms with van der Waals surface area (Å²) < 4.78 is 0. The topological polar surface area (TPSA) is 92.3 Å². The fraction of sp³-hybridized carbons (Fsp3) is 0.208. The van der Waals surface area contributed by atoms with E-state index < -0.39 is 0 Å². The fourth-order valence-corrected chi connectivity index (χ4v) is 3.49. The summed E-state index contributed by atoms with van der Waals surface area (Å²) >= 11 is 0. The van der Waals surface area contributed by atoms with E-state index in [4.69, 9.17) is 0 Å². The smallest absolute Gasteiger partial charge is 0.261 e. The van der Waals surface area contributed by atoms with Gasteiger partial charge in [-0.2, -0.15) is 0 Å². The summed E-state index contributed by atoms with van der Waals surface area (Å²) in [5.41, 5.74) is 2.75. The molecule has 0 aliphatic carbocycles. The van der Waals surface area contributed by atoms with E-state index in [-0.39, 0.29) is 30.7 Å². The molecule has 3 amide bonds. The van der Waals surface area contributed by atoms with Crippen LogP contribution in [-0.2, 0) is 11.2 Å². The maximum atomic E-state index is 12.3. The number of fused-ring (bicyclic) bond motifs is 1. The quantitative estimate of drug-likeness (QED) is 0.572. The highest BCUT2D eigenvalue weighted by atomic mass is 16.2. The van der Waals surface area contributed by atoms with Gasteiger partial charge in [-0.15, -0.1) is 0 Å². The zero-order chi connectivity index (χ0) is 21.6. The lowest BCUT2D eigenvalue weighted by atomic mass is 10.1. The van der Waals surface area contributed by atoms with E-state index in [0.717, 1.165) is 11.1 Å². The van der Waals surface area contributed by atoms with Gasteiger partial charge in [0, 0.05) is 37.5 Å². The van der Waals surface area contributed by atoms with E-state index in [2.05, 4.69) is 15.3 Å². The number of amides is 3. The molecule has 4 rings (SSSR count). The van der Waals surface area contributed by atoms with Crippen LogP contribution in [0.1, 0.15) is 39.1 Å². The van der Waals surface area contributed by atoms with Crippen LogP contribution in [0.2, 0.25) is 0 Å². The molecular formula is C24H22N4O3. The first kappa shape index (κ1) is 20.4. The molecule has 31 heavy (non-hydrogen) atoms. The van der Waals surface area contributed by atoms with Gasteiger partial charge in [0.15, 0.2) is 5.82 Å². The number of hydrogen-bond acceptors (Lipinski definition) is 5. The van der Waals surface area contributed by atoms with Gasteiger partial charge in [-0.05, 0) is 30.5 Å². The normalized spacial score (nSPS) is 12.7. The van der Waals surface area contributed by atoms with E-state index in [1.807, 2.05) is 30.3 Å². The van der Waals surface area contributed by atoms with Gasteiger partial charge in [0.2, 0.25) is 5.91 Å². The van der Waals surface area contributed by atoms with Gasteiger partial charge in [0.1, 0.15) is 0 Å². The SMILES string of the molecule is O=C(CCCN1C(=O)c2ccccc2C1=O)NCCc1cnc(-c2ccccc2)nc1. The Morgan fingerprint density at radius 2 is 1.48 bits per heavy atom. The van der Waals surface area contributed by atoms with Gasteiger partial charge in [-0.3, -0.25) is 19.3 Å². The number of carbonyl (C=O) groups is 3. The summed E-state index contributed by atoms with van der Waals surface area (Å²) in [7, 11) is 0. The second kappa shape index (κ2) is 9.30. The highest BCUT2D eigenvalue weighted by Crippen LogP contribution is 2.22. The minimum absolute atomic E-state index is 0.113. The Balaban J connectivity index is 1.18. The lowest BCUT2D eigenvalue weighted by Gasteiger charge is -2.13. The van der Waals surface area contributed by atoms with Gasteiger partial charge >= 0.3 is 0 Å². The summed E-state index contributed by atoms with van der Waals surface area (Å²) in [5.74, 6) is -0.0279. The Morgan fingerprint density at radius 3 is 2.13 bits per heavy atom. The van der Waals surface area contributed by atoms with E-state index in [1.165, 1.54) is 4.90 Å². The Morgan fingerprint density at radius 1 is 0.871 bits per heavy atom. The van der Waals surface area contributed by atoms with Crippen LogP contribution >= 0.6 is 0 Å². The highest BCUT2D eigenvalue weighted by molar-refractivity contribution is 6.21. The molecule has 2 heterocycles. The lowest BCUT2D eigenvalue weighted by molar-refractivity contribution is -0.121. The van der Waals surface area contributed by atoms with Crippen molar-refractivity contribution in [3.63, 3.8) is 0 Å². The summed E-state index contributed by atoms with van der Waals surface area (Å²) in [5, 5.41) is 2.86. The van der Waals surface area contributed by atoms with Crippen LogP contribution in [0.5, 0.6) is 0 Å². The molecule has 0 radical (unpaired) electrons. The highest BCUT2D eigenvalue weighted by Gasteiger charge is 2.34. The molecule has 0 saturated carbocycles. The van der Waals surface area contributed by atoms with Crippen molar-refractivity contribution in [1.82, 2.24) is 20.2 Å². The molecule has 0 bridgehead atoms. The molecule has 0 unspecified atom stereocenters. The molecule has 2 aromatic carbocycles. The van der Waals surface area contributed by atoms with Crippen LogP contribution in [0, 0.1) is 0 Å². The maximum absolute atomic E-state index is 12.3. The van der Waals surface area contributed by atoms with Crippen molar-refractivity contribution >= 4 is 17.7 Å². The molecule has 0 atom stereocenters. The van der Waals surface area contributed by atoms with Crippen molar-refractivity contribution in [2.45, 2.75) is 19.3 Å².